The van der Waals surface area contributed by atoms with E-state index in [1.807, 2.05) is 0 Å². The smallest absolute Gasteiger partial charge is 1.00 e. The zero-order valence-corrected chi connectivity index (χ0v) is 26.6. The maximum atomic E-state index is 2.69. The fourth-order valence-corrected chi connectivity index (χ4v) is 9.20. The molecule has 3 unspecified atom stereocenters. The van der Waals surface area contributed by atoms with Crippen LogP contribution < -0.4 is 42.4 Å². The molecule has 3 rings (SSSR count). The van der Waals surface area contributed by atoms with Crippen molar-refractivity contribution in [1.82, 2.24) is 0 Å². The van der Waals surface area contributed by atoms with Crippen LogP contribution >= 0.6 is 0 Å². The monoisotopic (exact) mass is 574 g/mol. The first kappa shape index (κ1) is 36.7. The van der Waals surface area contributed by atoms with Gasteiger partial charge in [0.05, 0.1) is 8.07 Å². The van der Waals surface area contributed by atoms with Crippen molar-refractivity contribution in [1.29, 1.82) is 0 Å². The Morgan fingerprint density at radius 2 is 1.29 bits per heavy atom. The van der Waals surface area contributed by atoms with E-state index >= 15 is 0 Å². The van der Waals surface area contributed by atoms with Crippen molar-refractivity contribution in [3.05, 3.63) is 60.1 Å². The van der Waals surface area contributed by atoms with Crippen molar-refractivity contribution >= 4 is 13.3 Å². The van der Waals surface area contributed by atoms with E-state index in [9.17, 15) is 0 Å². The Morgan fingerprint density at radius 3 is 1.82 bits per heavy atom. The summed E-state index contributed by atoms with van der Waals surface area (Å²) in [5, 5.41) is 1.71. The molecule has 0 N–H and O–H groups in total. The van der Waals surface area contributed by atoms with Crippen LogP contribution in [0.1, 0.15) is 82.8 Å². The Labute approximate surface area is 245 Å². The Bertz CT molecular complexity index is 702. The van der Waals surface area contributed by atoms with Gasteiger partial charge in [-0.25, -0.2) is 0 Å². The summed E-state index contributed by atoms with van der Waals surface area (Å²) < 4.78 is 0. The molecule has 2 aliphatic rings. The first-order valence-corrected chi connectivity index (χ1v) is 16.0. The van der Waals surface area contributed by atoms with Gasteiger partial charge in [-0.2, -0.15) is 12.0 Å². The minimum absolute atomic E-state index is 0. The summed E-state index contributed by atoms with van der Waals surface area (Å²) in [7, 11) is -1.57. The number of halogens is 3. The summed E-state index contributed by atoms with van der Waals surface area (Å²) in [6, 6.07) is 7.80. The van der Waals surface area contributed by atoms with E-state index in [1.165, 1.54) is 70.6 Å². The molecular formula is C29H45Cl3SiTi. The second kappa shape index (κ2) is 18.7. The van der Waals surface area contributed by atoms with Crippen LogP contribution in [0.15, 0.2) is 42.5 Å². The van der Waals surface area contributed by atoms with E-state index in [-0.39, 0.29) is 58.9 Å². The largest absolute Gasteiger partial charge is 4.00 e. The van der Waals surface area contributed by atoms with Gasteiger partial charge in [-0.05, 0) is 48.6 Å². The Kier molecular flexibility index (Phi) is 20.2. The average Bonchev–Trinajstić information content (AvgIpc) is 3.19. The van der Waals surface area contributed by atoms with Crippen molar-refractivity contribution in [2.45, 2.75) is 103 Å². The Morgan fingerprint density at radius 1 is 0.765 bits per heavy atom. The van der Waals surface area contributed by atoms with Gasteiger partial charge < -0.3 is 43.6 Å². The van der Waals surface area contributed by atoms with Crippen LogP contribution in [0.4, 0.5) is 0 Å². The van der Waals surface area contributed by atoms with Crippen molar-refractivity contribution in [3.8, 4) is 0 Å². The zero-order chi connectivity index (χ0) is 21.4. The molecule has 0 aliphatic heterocycles. The van der Waals surface area contributed by atoms with E-state index in [0.29, 0.717) is 0 Å². The topological polar surface area (TPSA) is 0 Å². The third kappa shape index (κ3) is 10.1. The summed E-state index contributed by atoms with van der Waals surface area (Å²) >= 11 is 0. The van der Waals surface area contributed by atoms with Gasteiger partial charge in [0, 0.05) is 0 Å². The second-order valence-electron chi connectivity index (χ2n) is 10.4. The van der Waals surface area contributed by atoms with Gasteiger partial charge in [0.2, 0.25) is 0 Å². The number of aryl methyl sites for hydroxylation is 2. The van der Waals surface area contributed by atoms with Crippen LogP contribution in [0.25, 0.3) is 0 Å². The molecule has 1 aromatic rings. The Hall–Kier alpha value is 0.501. The molecule has 1 fully saturated rings. The molecule has 3 atom stereocenters. The number of fused-ring (bicyclic) bond motifs is 1. The third-order valence-electron chi connectivity index (χ3n) is 7.64. The van der Waals surface area contributed by atoms with E-state index in [4.69, 9.17) is 0 Å². The van der Waals surface area contributed by atoms with Gasteiger partial charge in [-0.15, -0.1) is 0 Å². The number of benzene rings is 1. The third-order valence-corrected chi connectivity index (χ3v) is 11.7. The predicted octanol–water partition coefficient (Wildman–Crippen LogP) is -0.806. The first-order chi connectivity index (χ1) is 14.6. The van der Waals surface area contributed by atoms with Crippen LogP contribution in [0, 0.1) is 18.3 Å². The standard InChI is InChI=1S/C29H45Si.3ClH.Ti/c1-5-7-9-11-15-24-21-25(16-12-10-8-6-2)23-27(22-24)30(3,4)29-20-19-26-17-13-14-18-28(26)29;;;;/h13-14,17-18,20-23,26,28-29H,5-12,15-16,19H2,1-4H3;3*1H;/q-1;;;;+4/p-3. The maximum absolute atomic E-state index is 2.69. The SMILES string of the molecule is CCCCCCc1cc(CCCCCC)cc([Si](C)(C)C2[CH-]CC3C=CC=CC32)c1.[Cl-].[Cl-].[Cl-].[Ti+4]. The molecule has 5 heteroatoms. The van der Waals surface area contributed by atoms with Gasteiger partial charge in [-0.3, -0.25) is 0 Å². The molecule has 0 nitrogen and oxygen atoms in total. The van der Waals surface area contributed by atoms with Gasteiger partial charge in [-0.1, -0.05) is 113 Å². The molecule has 0 spiro atoms. The van der Waals surface area contributed by atoms with Gasteiger partial charge in [0.25, 0.3) is 0 Å². The predicted molar refractivity (Wildman–Crippen MR) is 137 cm³/mol. The number of hydrogen-bond donors (Lipinski definition) is 0. The minimum Gasteiger partial charge on any atom is -1.00 e. The second-order valence-corrected chi connectivity index (χ2v) is 15.1. The van der Waals surface area contributed by atoms with Crippen molar-refractivity contribution in [2.75, 3.05) is 0 Å². The number of hydrogen-bond acceptors (Lipinski definition) is 0. The van der Waals surface area contributed by atoms with Crippen LogP contribution in [0.2, 0.25) is 18.6 Å². The van der Waals surface area contributed by atoms with Crippen molar-refractivity contribution in [2.24, 2.45) is 11.8 Å². The molecule has 1 saturated carbocycles. The van der Waals surface area contributed by atoms with Gasteiger partial charge in [0.15, 0.2) is 0 Å². The van der Waals surface area contributed by atoms with E-state index in [0.717, 1.165) is 17.4 Å². The molecular weight excluding hydrogens is 531 g/mol. The molecule has 0 saturated heterocycles. The van der Waals surface area contributed by atoms with E-state index in [1.54, 1.807) is 16.3 Å². The van der Waals surface area contributed by atoms with Crippen LogP contribution in [-0.2, 0) is 34.6 Å². The summed E-state index contributed by atoms with van der Waals surface area (Å²) in [6.45, 7) is 9.90. The summed E-state index contributed by atoms with van der Waals surface area (Å²) in [5.41, 5.74) is 4.00. The van der Waals surface area contributed by atoms with E-state index in [2.05, 4.69) is 75.9 Å². The quantitative estimate of drug-likeness (QED) is 0.174. The molecule has 2 aliphatic carbocycles. The molecule has 1 aromatic carbocycles. The van der Waals surface area contributed by atoms with Crippen LogP contribution in [-0.4, -0.2) is 8.07 Å². The number of unbranched alkanes of at least 4 members (excludes halogenated alkanes) is 6. The maximum Gasteiger partial charge on any atom is 4.00 e. The fraction of sp³-hybridized carbons (Fsp3) is 0.621. The molecule has 0 radical (unpaired) electrons. The first-order valence-electron chi connectivity index (χ1n) is 12.9. The number of allylic oxidation sites excluding steroid dienone is 4. The van der Waals surface area contributed by atoms with E-state index < -0.39 is 8.07 Å². The van der Waals surface area contributed by atoms with Crippen LogP contribution in [0.5, 0.6) is 0 Å². The summed E-state index contributed by atoms with van der Waals surface area (Å²) in [4.78, 5) is 0. The zero-order valence-electron chi connectivity index (χ0n) is 21.8. The van der Waals surface area contributed by atoms with Gasteiger partial charge in [0.1, 0.15) is 0 Å². The molecule has 190 valence electrons. The van der Waals surface area contributed by atoms with Gasteiger partial charge >= 0.3 is 21.7 Å². The molecule has 34 heavy (non-hydrogen) atoms. The Balaban J connectivity index is 0. The number of rotatable bonds is 12. The fourth-order valence-electron chi connectivity index (χ4n) is 5.66. The molecule has 0 bridgehead atoms. The molecule has 0 aromatic heterocycles. The van der Waals surface area contributed by atoms with Crippen LogP contribution in [0.3, 0.4) is 0 Å². The molecule has 0 amide bonds. The van der Waals surface area contributed by atoms with Crippen molar-refractivity contribution < 1.29 is 58.9 Å². The normalized spacial score (nSPS) is 20.4. The van der Waals surface area contributed by atoms with Crippen molar-refractivity contribution in [3.63, 3.8) is 0 Å². The minimum atomic E-state index is -1.57. The molecule has 0 heterocycles. The summed E-state index contributed by atoms with van der Waals surface area (Å²) in [6.07, 6.45) is 26.9. The average molecular weight is 576 g/mol. The summed E-state index contributed by atoms with van der Waals surface area (Å²) in [5.74, 6) is 1.48.